The van der Waals surface area contributed by atoms with Crippen LogP contribution in [-0.4, -0.2) is 16.3 Å². The van der Waals surface area contributed by atoms with Gasteiger partial charge in [0.05, 0.1) is 0 Å². The molecular weight excluding hydrogens is 75.0 g/mol. The van der Waals surface area contributed by atoms with Crippen LogP contribution in [0.2, 0.25) is 5.28 Å². The summed E-state index contributed by atoms with van der Waals surface area (Å²) in [5.41, 5.74) is 0. The average molecular weight is 82.1 g/mol. The van der Waals surface area contributed by atoms with E-state index < -0.39 is 0 Å². The largest absolute Gasteiger partial charge is 0.118 e. The SMILES string of the molecule is C=CC[CH2][Al]. The second kappa shape index (κ2) is 4.27. The van der Waals surface area contributed by atoms with Crippen molar-refractivity contribution in [2.75, 3.05) is 0 Å². The third-order valence-corrected chi connectivity index (χ3v) is 0.704. The Morgan fingerprint density at radius 1 is 1.80 bits per heavy atom. The van der Waals surface area contributed by atoms with Crippen molar-refractivity contribution in [3.05, 3.63) is 12.7 Å². The van der Waals surface area contributed by atoms with Crippen molar-refractivity contribution in [3.8, 4) is 0 Å². The van der Waals surface area contributed by atoms with Crippen molar-refractivity contribution in [2.24, 2.45) is 0 Å². The molecule has 0 aliphatic rings. The van der Waals surface area contributed by atoms with Gasteiger partial charge in [-0.05, 0) is 6.42 Å². The van der Waals surface area contributed by atoms with Crippen LogP contribution in [0.4, 0.5) is 0 Å². The van der Waals surface area contributed by atoms with Crippen LogP contribution < -0.4 is 0 Å². The van der Waals surface area contributed by atoms with Gasteiger partial charge in [-0.25, -0.2) is 0 Å². The van der Waals surface area contributed by atoms with Crippen molar-refractivity contribution >= 4 is 16.3 Å². The molecule has 0 aromatic rings. The summed E-state index contributed by atoms with van der Waals surface area (Å²) in [4.78, 5) is 0. The van der Waals surface area contributed by atoms with Gasteiger partial charge in [0, 0.05) is 0 Å². The average Bonchev–Trinajstić information content (AvgIpc) is 1.41. The Labute approximate surface area is 41.3 Å². The Morgan fingerprint density at radius 3 is 2.40 bits per heavy atom. The molecule has 0 aliphatic carbocycles. The first-order chi connectivity index (χ1) is 2.41. The number of allylic oxidation sites excluding steroid dienone is 1. The maximum atomic E-state index is 3.54. The van der Waals surface area contributed by atoms with E-state index in [0.717, 1.165) is 11.7 Å². The van der Waals surface area contributed by atoms with Gasteiger partial charge in [-0.1, -0.05) is 6.08 Å². The summed E-state index contributed by atoms with van der Waals surface area (Å²) < 4.78 is 0. The van der Waals surface area contributed by atoms with Crippen molar-refractivity contribution < 1.29 is 0 Å². The van der Waals surface area contributed by atoms with E-state index in [1.807, 2.05) is 6.08 Å². The molecule has 0 aliphatic heterocycles. The lowest BCUT2D eigenvalue weighted by Crippen LogP contribution is -1.58. The molecule has 2 radical (unpaired) electrons. The van der Waals surface area contributed by atoms with Crippen molar-refractivity contribution in [1.82, 2.24) is 0 Å². The molecule has 0 amide bonds. The third-order valence-electron chi connectivity index (χ3n) is 0.371. The molecule has 0 aromatic heterocycles. The van der Waals surface area contributed by atoms with E-state index in [-0.39, 0.29) is 0 Å². The third kappa shape index (κ3) is 4.27. The van der Waals surface area contributed by atoms with E-state index in [0.29, 0.717) is 0 Å². The zero-order chi connectivity index (χ0) is 4.12. The summed E-state index contributed by atoms with van der Waals surface area (Å²) in [5.74, 6) is 0. The van der Waals surface area contributed by atoms with Crippen molar-refractivity contribution in [3.63, 3.8) is 0 Å². The van der Waals surface area contributed by atoms with Crippen LogP contribution in [0.1, 0.15) is 6.42 Å². The molecule has 0 rings (SSSR count). The summed E-state index contributed by atoms with van der Waals surface area (Å²) >= 11 is 2.63. The lowest BCUT2D eigenvalue weighted by atomic mass is 10.5. The van der Waals surface area contributed by atoms with Gasteiger partial charge in [-0.3, -0.25) is 0 Å². The first kappa shape index (κ1) is 5.27. The van der Waals surface area contributed by atoms with E-state index in [2.05, 4.69) is 22.9 Å². The maximum absolute atomic E-state index is 3.54. The summed E-state index contributed by atoms with van der Waals surface area (Å²) in [6, 6.07) is 0. The molecule has 0 bridgehead atoms. The first-order valence-corrected chi connectivity index (χ1v) is 2.54. The number of hydrogen-bond donors (Lipinski definition) is 0. The van der Waals surface area contributed by atoms with Crippen LogP contribution in [0.3, 0.4) is 0 Å². The summed E-state index contributed by atoms with van der Waals surface area (Å²) in [6.07, 6.45) is 3.03. The molecule has 0 saturated carbocycles. The minimum absolute atomic E-state index is 1.12. The molecular formula is C4H7Al. The van der Waals surface area contributed by atoms with Gasteiger partial charge in [-0.2, -0.15) is 0 Å². The van der Waals surface area contributed by atoms with Gasteiger partial charge in [-0.15, -0.1) is 11.9 Å². The quantitative estimate of drug-likeness (QED) is 0.346. The van der Waals surface area contributed by atoms with Gasteiger partial charge in [0.1, 0.15) is 16.3 Å². The van der Waals surface area contributed by atoms with Crippen molar-refractivity contribution in [1.29, 1.82) is 0 Å². The molecule has 0 N–H and O–H groups in total. The molecule has 5 heavy (non-hydrogen) atoms. The Bertz CT molecular complexity index is 24.8. The molecule has 0 nitrogen and oxygen atoms in total. The Kier molecular flexibility index (Phi) is 4.51. The molecule has 0 aromatic carbocycles. The molecule has 0 unspecified atom stereocenters. The van der Waals surface area contributed by atoms with E-state index in [4.69, 9.17) is 0 Å². The second-order valence-corrected chi connectivity index (χ2v) is 1.44. The molecule has 0 fully saturated rings. The number of hydrogen-bond acceptors (Lipinski definition) is 0. The maximum Gasteiger partial charge on any atom is 0.118 e. The van der Waals surface area contributed by atoms with Gasteiger partial charge in [0.2, 0.25) is 0 Å². The van der Waals surface area contributed by atoms with E-state index >= 15 is 0 Å². The van der Waals surface area contributed by atoms with Gasteiger partial charge < -0.3 is 0 Å². The standard InChI is InChI=1S/C4H7.Al/c1-3-4-2;/h3H,1-2,4H2;. The molecule has 0 heterocycles. The fourth-order valence-corrected chi connectivity index (χ4v) is 0.354. The minimum atomic E-state index is 1.12. The van der Waals surface area contributed by atoms with Crippen LogP contribution in [-0.2, 0) is 0 Å². The highest BCUT2D eigenvalue weighted by Gasteiger charge is 1.61. The predicted octanol–water partition coefficient (Wildman–Crippen LogP) is 1.15. The van der Waals surface area contributed by atoms with Crippen molar-refractivity contribution in [2.45, 2.75) is 11.7 Å². The Hall–Kier alpha value is 0.272. The number of rotatable bonds is 2. The highest BCUT2D eigenvalue weighted by molar-refractivity contribution is 6.08. The predicted molar refractivity (Wildman–Crippen MR) is 25.4 cm³/mol. The first-order valence-electron chi connectivity index (χ1n) is 1.72. The monoisotopic (exact) mass is 82.0 g/mol. The minimum Gasteiger partial charge on any atom is -0.114 e. The van der Waals surface area contributed by atoms with Crippen LogP contribution in [0, 0.1) is 0 Å². The molecule has 26 valence electrons. The molecule has 0 spiro atoms. The summed E-state index contributed by atoms with van der Waals surface area (Å²) in [6.45, 7) is 3.54. The zero-order valence-electron chi connectivity index (χ0n) is 3.28. The summed E-state index contributed by atoms with van der Waals surface area (Å²) in [5, 5.41) is 1.14. The molecule has 0 atom stereocenters. The highest BCUT2D eigenvalue weighted by atomic mass is 27.0. The topological polar surface area (TPSA) is 0 Å². The fraction of sp³-hybridized carbons (Fsp3) is 0.500. The zero-order valence-corrected chi connectivity index (χ0v) is 4.43. The normalized spacial score (nSPS) is 7.20. The Balaban J connectivity index is 2.40. The van der Waals surface area contributed by atoms with Crippen LogP contribution in [0.5, 0.6) is 0 Å². The van der Waals surface area contributed by atoms with E-state index in [9.17, 15) is 0 Å². The van der Waals surface area contributed by atoms with E-state index in [1.165, 1.54) is 0 Å². The van der Waals surface area contributed by atoms with E-state index in [1.54, 1.807) is 0 Å². The lowest BCUT2D eigenvalue weighted by molar-refractivity contribution is 1.22. The van der Waals surface area contributed by atoms with Gasteiger partial charge in [0.15, 0.2) is 0 Å². The van der Waals surface area contributed by atoms with Crippen LogP contribution in [0.15, 0.2) is 12.7 Å². The van der Waals surface area contributed by atoms with Crippen LogP contribution in [0.25, 0.3) is 0 Å². The second-order valence-electron chi connectivity index (χ2n) is 0.866. The molecule has 0 saturated heterocycles. The lowest BCUT2D eigenvalue weighted by Gasteiger charge is -1.73. The van der Waals surface area contributed by atoms with Gasteiger partial charge >= 0.3 is 0 Å². The Morgan fingerprint density at radius 2 is 2.40 bits per heavy atom. The smallest absolute Gasteiger partial charge is 0.114 e. The van der Waals surface area contributed by atoms with Crippen LogP contribution >= 0.6 is 0 Å². The van der Waals surface area contributed by atoms with Gasteiger partial charge in [0.25, 0.3) is 0 Å². The summed E-state index contributed by atoms with van der Waals surface area (Å²) in [7, 11) is 0. The molecule has 1 heteroatoms. The fourth-order valence-electron chi connectivity index (χ4n) is 0.118. The highest BCUT2D eigenvalue weighted by Crippen LogP contribution is 1.79.